The van der Waals surface area contributed by atoms with Crippen molar-refractivity contribution in [3.05, 3.63) is 35.9 Å². The number of carboxylic acids is 1. The van der Waals surface area contributed by atoms with Gasteiger partial charge in [0.25, 0.3) is 0 Å². The predicted molar refractivity (Wildman–Crippen MR) is 81.1 cm³/mol. The molecule has 5 nitrogen and oxygen atoms in total. The van der Waals surface area contributed by atoms with Gasteiger partial charge in [-0.1, -0.05) is 30.3 Å². The maximum absolute atomic E-state index is 12.1. The molecule has 0 saturated carbocycles. The van der Waals surface area contributed by atoms with E-state index in [1.165, 1.54) is 11.8 Å². The Kier molecular flexibility index (Phi) is 5.25. The van der Waals surface area contributed by atoms with Gasteiger partial charge in [0, 0.05) is 5.75 Å². The van der Waals surface area contributed by atoms with Crippen molar-refractivity contribution in [2.75, 3.05) is 11.5 Å². The number of hydrogen-bond donors (Lipinski definition) is 2. The first-order valence-corrected chi connectivity index (χ1v) is 7.98. The van der Waals surface area contributed by atoms with E-state index in [0.29, 0.717) is 18.8 Å². The number of aliphatic carboxylic acids is 1. The monoisotopic (exact) mass is 309 g/mol. The Balaban J connectivity index is 1.89. The molecule has 1 aromatic carbocycles. The molecule has 6 heteroatoms. The minimum absolute atomic E-state index is 0.324. The lowest BCUT2D eigenvalue weighted by Gasteiger charge is -2.26. The first kappa shape index (κ1) is 15.9. The molecule has 1 amide bonds. The van der Waals surface area contributed by atoms with E-state index < -0.39 is 17.6 Å². The highest BCUT2D eigenvalue weighted by atomic mass is 32.2. The topological polar surface area (TPSA) is 75.6 Å². The number of thioether (sulfide) groups is 1. The number of benzene rings is 1. The van der Waals surface area contributed by atoms with Crippen LogP contribution < -0.4 is 5.32 Å². The second-order valence-electron chi connectivity index (χ2n) is 5.12. The summed E-state index contributed by atoms with van der Waals surface area (Å²) in [6, 6.07) is 9.54. The minimum Gasteiger partial charge on any atom is -0.479 e. The zero-order valence-electron chi connectivity index (χ0n) is 11.9. The third-order valence-corrected chi connectivity index (χ3v) is 4.70. The van der Waals surface area contributed by atoms with Crippen molar-refractivity contribution in [2.45, 2.75) is 31.6 Å². The van der Waals surface area contributed by atoms with Crippen LogP contribution in [0.15, 0.2) is 30.3 Å². The molecular formula is C15H19NO4S. The smallest absolute Gasteiger partial charge is 0.330 e. The SMILES string of the molecule is CC(OCc1ccccc1)C(=O)NC1(C(=O)O)CCSC1. The first-order chi connectivity index (χ1) is 10.0. The summed E-state index contributed by atoms with van der Waals surface area (Å²) in [5.74, 6) is -0.211. The lowest BCUT2D eigenvalue weighted by Crippen LogP contribution is -2.57. The van der Waals surface area contributed by atoms with E-state index in [1.807, 2.05) is 30.3 Å². The molecule has 1 aliphatic heterocycles. The number of carbonyl (C=O) groups is 2. The van der Waals surface area contributed by atoms with Gasteiger partial charge in [0.2, 0.25) is 5.91 Å². The Morgan fingerprint density at radius 3 is 2.71 bits per heavy atom. The lowest BCUT2D eigenvalue weighted by atomic mass is 9.99. The number of ether oxygens (including phenoxy) is 1. The van der Waals surface area contributed by atoms with Crippen molar-refractivity contribution in [3.63, 3.8) is 0 Å². The molecule has 0 spiro atoms. The molecular weight excluding hydrogens is 290 g/mol. The van der Waals surface area contributed by atoms with Gasteiger partial charge in [0.05, 0.1) is 6.61 Å². The van der Waals surface area contributed by atoms with Gasteiger partial charge in [0.1, 0.15) is 11.6 Å². The number of amides is 1. The van der Waals surface area contributed by atoms with Crippen LogP contribution in [0.4, 0.5) is 0 Å². The van der Waals surface area contributed by atoms with Crippen LogP contribution in [-0.4, -0.2) is 40.1 Å². The predicted octanol–water partition coefficient (Wildman–Crippen LogP) is 1.67. The molecule has 1 saturated heterocycles. The Labute approximate surface area is 128 Å². The fourth-order valence-electron chi connectivity index (χ4n) is 2.09. The largest absolute Gasteiger partial charge is 0.479 e. The van der Waals surface area contributed by atoms with E-state index in [1.54, 1.807) is 6.92 Å². The van der Waals surface area contributed by atoms with Crippen molar-refractivity contribution in [1.29, 1.82) is 0 Å². The van der Waals surface area contributed by atoms with Crippen LogP contribution in [0, 0.1) is 0 Å². The summed E-state index contributed by atoms with van der Waals surface area (Å²) in [4.78, 5) is 23.5. The molecule has 2 N–H and O–H groups in total. The van der Waals surface area contributed by atoms with Crippen LogP contribution in [0.2, 0.25) is 0 Å². The summed E-state index contributed by atoms with van der Waals surface area (Å²) in [5, 5.41) is 12.0. The van der Waals surface area contributed by atoms with Gasteiger partial charge in [-0.25, -0.2) is 4.79 Å². The van der Waals surface area contributed by atoms with Crippen molar-refractivity contribution in [1.82, 2.24) is 5.32 Å². The molecule has 1 heterocycles. The zero-order valence-corrected chi connectivity index (χ0v) is 12.7. The Bertz CT molecular complexity index is 500. The Morgan fingerprint density at radius 2 is 2.14 bits per heavy atom. The highest BCUT2D eigenvalue weighted by Gasteiger charge is 2.43. The fraction of sp³-hybridized carbons (Fsp3) is 0.467. The summed E-state index contributed by atoms with van der Waals surface area (Å²) < 4.78 is 5.51. The highest BCUT2D eigenvalue weighted by Crippen LogP contribution is 2.28. The molecule has 1 aliphatic rings. The summed E-state index contributed by atoms with van der Waals surface area (Å²) in [6.45, 7) is 1.96. The second-order valence-corrected chi connectivity index (χ2v) is 6.22. The van der Waals surface area contributed by atoms with Crippen LogP contribution in [0.5, 0.6) is 0 Å². The fourth-order valence-corrected chi connectivity index (χ4v) is 3.42. The molecule has 2 rings (SSSR count). The van der Waals surface area contributed by atoms with Crippen molar-refractivity contribution < 1.29 is 19.4 Å². The van der Waals surface area contributed by atoms with Gasteiger partial charge >= 0.3 is 5.97 Å². The Hall–Kier alpha value is -1.53. The highest BCUT2D eigenvalue weighted by molar-refractivity contribution is 7.99. The number of hydrogen-bond acceptors (Lipinski definition) is 4. The molecule has 0 aromatic heterocycles. The van der Waals surface area contributed by atoms with Crippen LogP contribution >= 0.6 is 11.8 Å². The van der Waals surface area contributed by atoms with Crippen molar-refractivity contribution in [3.8, 4) is 0 Å². The normalized spacial score (nSPS) is 22.7. The molecule has 1 aromatic rings. The van der Waals surface area contributed by atoms with E-state index >= 15 is 0 Å². The summed E-state index contributed by atoms with van der Waals surface area (Å²) in [6.07, 6.45) is -0.239. The maximum atomic E-state index is 12.1. The standard InChI is InChI=1S/C15H19NO4S/c1-11(20-9-12-5-3-2-4-6-12)13(17)16-15(14(18)19)7-8-21-10-15/h2-6,11H,7-10H2,1H3,(H,16,17)(H,18,19). The Morgan fingerprint density at radius 1 is 1.43 bits per heavy atom. The summed E-state index contributed by atoms with van der Waals surface area (Å²) in [7, 11) is 0. The van der Waals surface area contributed by atoms with Crippen LogP contribution in [0.3, 0.4) is 0 Å². The molecule has 2 unspecified atom stereocenters. The van der Waals surface area contributed by atoms with Gasteiger partial charge in [-0.15, -0.1) is 0 Å². The number of carbonyl (C=O) groups excluding carboxylic acids is 1. The molecule has 0 radical (unpaired) electrons. The number of rotatable bonds is 6. The number of nitrogens with one attached hydrogen (secondary N) is 1. The molecule has 0 bridgehead atoms. The maximum Gasteiger partial charge on any atom is 0.330 e. The molecule has 2 atom stereocenters. The van der Waals surface area contributed by atoms with Gasteiger partial charge in [-0.05, 0) is 24.7 Å². The number of carboxylic acid groups (broad SMARTS) is 1. The van der Waals surface area contributed by atoms with Gasteiger partial charge < -0.3 is 15.2 Å². The van der Waals surface area contributed by atoms with Gasteiger partial charge in [-0.3, -0.25) is 4.79 Å². The zero-order chi connectivity index (χ0) is 15.3. The van der Waals surface area contributed by atoms with E-state index in [-0.39, 0.29) is 5.91 Å². The average molecular weight is 309 g/mol. The summed E-state index contributed by atoms with van der Waals surface area (Å²) >= 11 is 1.54. The quantitative estimate of drug-likeness (QED) is 0.836. The average Bonchev–Trinajstić information content (AvgIpc) is 2.95. The van der Waals surface area contributed by atoms with E-state index in [0.717, 1.165) is 11.3 Å². The second kappa shape index (κ2) is 6.95. The third-order valence-electron chi connectivity index (χ3n) is 3.51. The molecule has 114 valence electrons. The lowest BCUT2D eigenvalue weighted by molar-refractivity contribution is -0.148. The van der Waals surface area contributed by atoms with Crippen molar-refractivity contribution in [2.24, 2.45) is 0 Å². The van der Waals surface area contributed by atoms with Crippen LogP contribution in [0.1, 0.15) is 18.9 Å². The molecule has 1 fully saturated rings. The van der Waals surface area contributed by atoms with Crippen LogP contribution in [-0.2, 0) is 20.9 Å². The van der Waals surface area contributed by atoms with E-state index in [2.05, 4.69) is 5.32 Å². The summed E-state index contributed by atoms with van der Waals surface area (Å²) in [5.41, 5.74) is -0.173. The van der Waals surface area contributed by atoms with E-state index in [9.17, 15) is 14.7 Å². The molecule has 0 aliphatic carbocycles. The van der Waals surface area contributed by atoms with Crippen molar-refractivity contribution >= 4 is 23.6 Å². The minimum atomic E-state index is -1.15. The third kappa shape index (κ3) is 3.98. The van der Waals surface area contributed by atoms with Gasteiger partial charge in [-0.2, -0.15) is 11.8 Å². The molecule has 21 heavy (non-hydrogen) atoms. The first-order valence-electron chi connectivity index (χ1n) is 6.82. The van der Waals surface area contributed by atoms with Crippen LogP contribution in [0.25, 0.3) is 0 Å². The van der Waals surface area contributed by atoms with E-state index in [4.69, 9.17) is 4.74 Å². The van der Waals surface area contributed by atoms with Gasteiger partial charge in [0.15, 0.2) is 0 Å².